The van der Waals surface area contributed by atoms with E-state index in [-0.39, 0.29) is 11.9 Å². The van der Waals surface area contributed by atoms with Gasteiger partial charge in [0.25, 0.3) is 0 Å². The number of rotatable bonds is 3. The van der Waals surface area contributed by atoms with Gasteiger partial charge in [0.15, 0.2) is 11.6 Å². The van der Waals surface area contributed by atoms with Gasteiger partial charge in [-0.05, 0) is 30.7 Å². The van der Waals surface area contributed by atoms with Crippen LogP contribution in [-0.4, -0.2) is 34.0 Å². The van der Waals surface area contributed by atoms with Gasteiger partial charge in [0, 0.05) is 31.5 Å². The third kappa shape index (κ3) is 2.73. The second-order valence-corrected chi connectivity index (χ2v) is 6.77. The number of nitrogens with zero attached hydrogens (tertiary/aromatic N) is 3. The summed E-state index contributed by atoms with van der Waals surface area (Å²) >= 11 is 12.3. The quantitative estimate of drug-likeness (QED) is 0.675. The van der Waals surface area contributed by atoms with Crippen molar-refractivity contribution in [3.8, 4) is 22.9 Å². The summed E-state index contributed by atoms with van der Waals surface area (Å²) in [5, 5.41) is 0.916. The zero-order valence-electron chi connectivity index (χ0n) is 13.4. The smallest absolute Gasteiger partial charge is 0.245 e. The number of imidazole rings is 1. The Hall–Kier alpha value is -2.24. The molecule has 3 aromatic rings. The summed E-state index contributed by atoms with van der Waals surface area (Å²) < 4.78 is 7.83. The van der Waals surface area contributed by atoms with E-state index in [1.54, 1.807) is 17.2 Å². The lowest BCUT2D eigenvalue weighted by molar-refractivity contribution is -0.129. The minimum Gasteiger partial charge on any atom is -0.453 e. The first-order valence-electron chi connectivity index (χ1n) is 7.88. The van der Waals surface area contributed by atoms with Gasteiger partial charge in [0.05, 0.1) is 10.0 Å². The number of furan rings is 1. The molecule has 1 unspecified atom stereocenters. The van der Waals surface area contributed by atoms with Gasteiger partial charge in [0.1, 0.15) is 11.8 Å². The Morgan fingerprint density at radius 2 is 2.00 bits per heavy atom. The molecule has 1 atom stereocenters. The maximum atomic E-state index is 12.3. The molecule has 128 valence electrons. The molecule has 5 nitrogen and oxygen atoms in total. The van der Waals surface area contributed by atoms with Crippen molar-refractivity contribution in [1.29, 1.82) is 0 Å². The molecule has 2 aromatic heterocycles. The van der Waals surface area contributed by atoms with E-state index in [9.17, 15) is 4.79 Å². The highest BCUT2D eigenvalue weighted by Crippen LogP contribution is 2.36. The standard InChI is InChI=1S/C18H15Cl2N3O2/c1-22-9-7-13(18(22)24)23-10-8-21-17(23)15-6-5-14(25-15)11-3-2-4-12(19)16(11)20/h2-6,8,10,13H,7,9H2,1H3. The van der Waals surface area contributed by atoms with E-state index in [0.717, 1.165) is 18.5 Å². The summed E-state index contributed by atoms with van der Waals surface area (Å²) in [6, 6.07) is 8.80. The third-order valence-electron chi connectivity index (χ3n) is 4.45. The molecule has 0 radical (unpaired) electrons. The van der Waals surface area contributed by atoms with Gasteiger partial charge in [-0.3, -0.25) is 4.79 Å². The molecule has 1 amide bonds. The number of likely N-dealkylation sites (tertiary alicyclic amines) is 1. The van der Waals surface area contributed by atoms with Crippen LogP contribution >= 0.6 is 23.2 Å². The van der Waals surface area contributed by atoms with E-state index in [1.165, 1.54) is 0 Å². The van der Waals surface area contributed by atoms with Crippen molar-refractivity contribution in [3.05, 3.63) is 52.8 Å². The average Bonchev–Trinajstić information content (AvgIpc) is 3.31. The average molecular weight is 376 g/mol. The second-order valence-electron chi connectivity index (χ2n) is 5.99. The zero-order valence-corrected chi connectivity index (χ0v) is 15.0. The van der Waals surface area contributed by atoms with E-state index in [4.69, 9.17) is 27.6 Å². The van der Waals surface area contributed by atoms with Gasteiger partial charge >= 0.3 is 0 Å². The van der Waals surface area contributed by atoms with Crippen molar-refractivity contribution in [2.75, 3.05) is 13.6 Å². The molecular weight excluding hydrogens is 361 g/mol. The van der Waals surface area contributed by atoms with Crippen LogP contribution in [-0.2, 0) is 4.79 Å². The minimum atomic E-state index is -0.245. The lowest BCUT2D eigenvalue weighted by atomic mass is 10.2. The minimum absolute atomic E-state index is 0.0870. The Balaban J connectivity index is 1.71. The third-order valence-corrected chi connectivity index (χ3v) is 5.27. The SMILES string of the molecule is CN1CCC(n2ccnc2-c2ccc(-c3cccc(Cl)c3Cl)o2)C1=O. The van der Waals surface area contributed by atoms with Gasteiger partial charge in [-0.2, -0.15) is 0 Å². The molecule has 0 spiro atoms. The van der Waals surface area contributed by atoms with E-state index >= 15 is 0 Å². The Labute approximate surface area is 154 Å². The van der Waals surface area contributed by atoms with Gasteiger partial charge in [-0.25, -0.2) is 4.98 Å². The fraction of sp³-hybridized carbons (Fsp3) is 0.222. The molecule has 0 bridgehead atoms. The molecule has 1 saturated heterocycles. The molecule has 1 fully saturated rings. The molecule has 0 N–H and O–H groups in total. The number of halogens is 2. The number of hydrogen-bond acceptors (Lipinski definition) is 3. The molecule has 0 aliphatic carbocycles. The normalized spacial score (nSPS) is 17.5. The van der Waals surface area contributed by atoms with Gasteiger partial charge in [0.2, 0.25) is 5.91 Å². The van der Waals surface area contributed by atoms with Crippen molar-refractivity contribution in [2.24, 2.45) is 0 Å². The Morgan fingerprint density at radius 1 is 1.20 bits per heavy atom. The number of benzene rings is 1. The van der Waals surface area contributed by atoms with Crippen molar-refractivity contribution in [1.82, 2.24) is 14.5 Å². The van der Waals surface area contributed by atoms with Crippen molar-refractivity contribution >= 4 is 29.1 Å². The zero-order chi connectivity index (χ0) is 17.6. The highest BCUT2D eigenvalue weighted by Gasteiger charge is 2.32. The summed E-state index contributed by atoms with van der Waals surface area (Å²) in [4.78, 5) is 18.4. The summed E-state index contributed by atoms with van der Waals surface area (Å²) in [7, 11) is 1.81. The highest BCUT2D eigenvalue weighted by atomic mass is 35.5. The van der Waals surface area contributed by atoms with E-state index in [0.29, 0.717) is 27.4 Å². The number of amides is 1. The predicted molar refractivity (Wildman–Crippen MR) is 96.7 cm³/mol. The van der Waals surface area contributed by atoms with Crippen LogP contribution in [0, 0.1) is 0 Å². The van der Waals surface area contributed by atoms with Crippen LogP contribution in [0.25, 0.3) is 22.9 Å². The molecule has 25 heavy (non-hydrogen) atoms. The largest absolute Gasteiger partial charge is 0.453 e. The van der Waals surface area contributed by atoms with Crippen LogP contribution < -0.4 is 0 Å². The number of hydrogen-bond donors (Lipinski definition) is 0. The number of carbonyl (C=O) groups is 1. The van der Waals surface area contributed by atoms with Gasteiger partial charge in [-0.1, -0.05) is 29.3 Å². The molecule has 1 aliphatic heterocycles. The Morgan fingerprint density at radius 3 is 2.76 bits per heavy atom. The monoisotopic (exact) mass is 375 g/mol. The fourth-order valence-electron chi connectivity index (χ4n) is 3.11. The predicted octanol–water partition coefficient (Wildman–Crippen LogP) is 4.52. The van der Waals surface area contributed by atoms with Crippen LogP contribution in [0.1, 0.15) is 12.5 Å². The number of likely N-dealkylation sites (N-methyl/N-ethyl adjacent to an activating group) is 1. The molecular formula is C18H15Cl2N3O2. The maximum absolute atomic E-state index is 12.3. The molecule has 0 saturated carbocycles. The van der Waals surface area contributed by atoms with Crippen LogP contribution in [0.3, 0.4) is 0 Å². The van der Waals surface area contributed by atoms with Crippen molar-refractivity contribution < 1.29 is 9.21 Å². The molecule has 1 aromatic carbocycles. The maximum Gasteiger partial charge on any atom is 0.245 e. The van der Waals surface area contributed by atoms with Crippen LogP contribution in [0.5, 0.6) is 0 Å². The van der Waals surface area contributed by atoms with Crippen LogP contribution in [0.2, 0.25) is 10.0 Å². The Kier molecular flexibility index (Phi) is 4.06. The van der Waals surface area contributed by atoms with Crippen LogP contribution in [0.4, 0.5) is 0 Å². The van der Waals surface area contributed by atoms with Crippen molar-refractivity contribution in [2.45, 2.75) is 12.5 Å². The number of aromatic nitrogens is 2. The first kappa shape index (κ1) is 16.2. The van der Waals surface area contributed by atoms with Crippen molar-refractivity contribution in [3.63, 3.8) is 0 Å². The lowest BCUT2D eigenvalue weighted by Crippen LogP contribution is -2.24. The molecule has 4 rings (SSSR count). The molecule has 1 aliphatic rings. The summed E-state index contributed by atoms with van der Waals surface area (Å²) in [6.07, 6.45) is 4.24. The van der Waals surface area contributed by atoms with E-state index in [2.05, 4.69) is 4.98 Å². The Bertz CT molecular complexity index is 947. The molecule has 3 heterocycles. The van der Waals surface area contributed by atoms with Gasteiger partial charge in [-0.15, -0.1) is 0 Å². The van der Waals surface area contributed by atoms with E-state index in [1.807, 2.05) is 42.1 Å². The topological polar surface area (TPSA) is 51.3 Å². The molecule has 7 heteroatoms. The fourth-order valence-corrected chi connectivity index (χ4v) is 3.51. The lowest BCUT2D eigenvalue weighted by Gasteiger charge is -2.13. The summed E-state index contributed by atoms with van der Waals surface area (Å²) in [5.74, 6) is 1.90. The summed E-state index contributed by atoms with van der Waals surface area (Å²) in [6.45, 7) is 0.739. The number of carbonyl (C=O) groups excluding carboxylic acids is 1. The van der Waals surface area contributed by atoms with Gasteiger partial charge < -0.3 is 13.9 Å². The second kappa shape index (κ2) is 6.24. The highest BCUT2D eigenvalue weighted by molar-refractivity contribution is 6.43. The summed E-state index contributed by atoms with van der Waals surface area (Å²) in [5.41, 5.74) is 0.718. The first-order chi connectivity index (χ1) is 12.1. The van der Waals surface area contributed by atoms with Crippen LogP contribution in [0.15, 0.2) is 47.1 Å². The van der Waals surface area contributed by atoms with E-state index < -0.39 is 0 Å². The first-order valence-corrected chi connectivity index (χ1v) is 8.64.